The minimum Gasteiger partial charge on any atom is -0.508 e. The number of aromatic nitrogens is 1. The van der Waals surface area contributed by atoms with Gasteiger partial charge in [-0.3, -0.25) is 4.98 Å². The second kappa shape index (κ2) is 9.79. The molecule has 1 saturated heterocycles. The van der Waals surface area contributed by atoms with Crippen LogP contribution in [0.4, 0.5) is 4.79 Å². The standard InChI is InChI=1S/C23H26N2O3.C2H6/c1-3-28-23(27)25-10-8-16(9-11-25)21-20-7-6-19(26)13-17(20)4-5-18-12-15(2)14-24-22(18)21;1-2/h6-7,12-14,26H,3-5,8-11H2,1-2H3;1-2H3. The van der Waals surface area contributed by atoms with E-state index in [0.717, 1.165) is 48.1 Å². The topological polar surface area (TPSA) is 62.7 Å². The lowest BCUT2D eigenvalue weighted by molar-refractivity contribution is 0.104. The Hall–Kier alpha value is -2.82. The highest BCUT2D eigenvalue weighted by Crippen LogP contribution is 2.38. The quantitative estimate of drug-likeness (QED) is 0.698. The van der Waals surface area contributed by atoms with E-state index >= 15 is 0 Å². The molecule has 0 atom stereocenters. The number of aryl methyl sites for hydroxylation is 3. The fourth-order valence-corrected chi connectivity index (χ4v) is 4.26. The van der Waals surface area contributed by atoms with Crippen molar-refractivity contribution < 1.29 is 14.6 Å². The number of hydrogen-bond acceptors (Lipinski definition) is 4. The Balaban J connectivity index is 0.00000124. The van der Waals surface area contributed by atoms with Gasteiger partial charge in [0.15, 0.2) is 0 Å². The van der Waals surface area contributed by atoms with Gasteiger partial charge < -0.3 is 14.7 Å². The Morgan fingerprint density at radius 2 is 1.80 bits per heavy atom. The molecule has 5 heteroatoms. The number of benzene rings is 1. The molecule has 1 aromatic carbocycles. The maximum atomic E-state index is 12.1. The smallest absolute Gasteiger partial charge is 0.409 e. The number of likely N-dealkylation sites (tertiary alicyclic amines) is 1. The fraction of sp³-hybridized carbons (Fsp3) is 0.440. The van der Waals surface area contributed by atoms with Gasteiger partial charge in [0.1, 0.15) is 5.75 Å². The van der Waals surface area contributed by atoms with Gasteiger partial charge in [-0.25, -0.2) is 4.79 Å². The molecule has 1 aromatic heterocycles. The molecule has 0 bridgehead atoms. The first-order chi connectivity index (χ1) is 14.6. The number of fused-ring (bicyclic) bond motifs is 2. The van der Waals surface area contributed by atoms with Crippen LogP contribution in [-0.4, -0.2) is 40.8 Å². The van der Waals surface area contributed by atoms with E-state index in [9.17, 15) is 9.90 Å². The Bertz CT molecular complexity index is 884. The van der Waals surface area contributed by atoms with E-state index in [1.807, 2.05) is 39.1 Å². The summed E-state index contributed by atoms with van der Waals surface area (Å²) in [4.78, 5) is 18.7. The molecule has 30 heavy (non-hydrogen) atoms. The predicted molar refractivity (Wildman–Crippen MR) is 120 cm³/mol. The van der Waals surface area contributed by atoms with Crippen molar-refractivity contribution in [3.05, 3.63) is 64.0 Å². The van der Waals surface area contributed by atoms with Crippen molar-refractivity contribution in [2.75, 3.05) is 19.7 Å². The van der Waals surface area contributed by atoms with Crippen LogP contribution in [0.25, 0.3) is 5.57 Å². The van der Waals surface area contributed by atoms with Gasteiger partial charge in [0.2, 0.25) is 0 Å². The van der Waals surface area contributed by atoms with E-state index in [0.29, 0.717) is 25.4 Å². The molecular weight excluding hydrogens is 376 g/mol. The van der Waals surface area contributed by atoms with Crippen molar-refractivity contribution in [3.8, 4) is 5.75 Å². The predicted octanol–water partition coefficient (Wildman–Crippen LogP) is 5.27. The number of hydrogen-bond donors (Lipinski definition) is 1. The average Bonchev–Trinajstić information content (AvgIpc) is 2.91. The molecule has 0 unspecified atom stereocenters. The van der Waals surface area contributed by atoms with Gasteiger partial charge in [0, 0.05) is 24.9 Å². The molecule has 160 valence electrons. The van der Waals surface area contributed by atoms with Crippen LogP contribution in [0.15, 0.2) is 36.0 Å². The largest absolute Gasteiger partial charge is 0.508 e. The number of ether oxygens (including phenoxy) is 1. The third-order valence-electron chi connectivity index (χ3n) is 5.61. The van der Waals surface area contributed by atoms with Gasteiger partial charge in [-0.1, -0.05) is 31.6 Å². The number of aromatic hydroxyl groups is 1. The van der Waals surface area contributed by atoms with Gasteiger partial charge >= 0.3 is 6.09 Å². The first-order valence-electron chi connectivity index (χ1n) is 11.0. The minimum absolute atomic E-state index is 0.230. The Morgan fingerprint density at radius 1 is 1.10 bits per heavy atom. The van der Waals surface area contributed by atoms with E-state index in [1.54, 1.807) is 11.0 Å². The summed E-state index contributed by atoms with van der Waals surface area (Å²) in [6.07, 6.45) is 5.11. The molecule has 1 N–H and O–H groups in total. The van der Waals surface area contributed by atoms with Crippen molar-refractivity contribution in [1.29, 1.82) is 0 Å². The molecule has 0 spiro atoms. The van der Waals surface area contributed by atoms with Gasteiger partial charge in [0.05, 0.1) is 12.3 Å². The minimum atomic E-state index is -0.230. The molecule has 4 rings (SSSR count). The Labute approximate surface area is 179 Å². The number of piperidine rings is 1. The maximum absolute atomic E-state index is 12.1. The summed E-state index contributed by atoms with van der Waals surface area (Å²) in [5, 5.41) is 9.99. The number of phenols is 1. The highest BCUT2D eigenvalue weighted by Gasteiger charge is 2.27. The van der Waals surface area contributed by atoms with Crippen LogP contribution in [0.2, 0.25) is 0 Å². The Morgan fingerprint density at radius 3 is 2.50 bits per heavy atom. The summed E-state index contributed by atoms with van der Waals surface area (Å²) in [5.74, 6) is 0.301. The van der Waals surface area contributed by atoms with E-state index < -0.39 is 0 Å². The molecule has 0 radical (unpaired) electrons. The summed E-state index contributed by atoms with van der Waals surface area (Å²) in [6, 6.07) is 7.87. The van der Waals surface area contributed by atoms with Crippen LogP contribution < -0.4 is 0 Å². The van der Waals surface area contributed by atoms with Crippen LogP contribution >= 0.6 is 0 Å². The van der Waals surface area contributed by atoms with Crippen LogP contribution in [0.1, 0.15) is 61.6 Å². The van der Waals surface area contributed by atoms with Crippen LogP contribution in [0.3, 0.4) is 0 Å². The highest BCUT2D eigenvalue weighted by molar-refractivity contribution is 5.85. The van der Waals surface area contributed by atoms with Gasteiger partial charge in [-0.15, -0.1) is 0 Å². The highest BCUT2D eigenvalue weighted by atomic mass is 16.6. The molecule has 5 nitrogen and oxygen atoms in total. The third kappa shape index (κ3) is 4.50. The van der Waals surface area contributed by atoms with Crippen molar-refractivity contribution >= 4 is 11.7 Å². The monoisotopic (exact) mass is 408 g/mol. The zero-order chi connectivity index (χ0) is 21.7. The molecule has 1 aliphatic carbocycles. The lowest BCUT2D eigenvalue weighted by Crippen LogP contribution is -2.37. The number of carbonyl (C=O) groups is 1. The van der Waals surface area contributed by atoms with Crippen LogP contribution in [0, 0.1) is 6.92 Å². The van der Waals surface area contributed by atoms with Crippen molar-refractivity contribution in [1.82, 2.24) is 9.88 Å². The van der Waals surface area contributed by atoms with E-state index in [4.69, 9.17) is 9.72 Å². The molecule has 2 aliphatic rings. The average molecular weight is 409 g/mol. The lowest BCUT2D eigenvalue weighted by atomic mass is 9.88. The second-order valence-corrected chi connectivity index (χ2v) is 7.53. The summed E-state index contributed by atoms with van der Waals surface area (Å²) in [6.45, 7) is 9.62. The number of rotatable bonds is 1. The van der Waals surface area contributed by atoms with Crippen LogP contribution in [0.5, 0.6) is 5.75 Å². The molecular formula is C25H32N2O3. The van der Waals surface area contributed by atoms with E-state index in [1.165, 1.54) is 16.7 Å². The van der Waals surface area contributed by atoms with Crippen LogP contribution in [-0.2, 0) is 17.6 Å². The van der Waals surface area contributed by atoms with Gasteiger partial charge in [0.25, 0.3) is 0 Å². The summed E-state index contributed by atoms with van der Waals surface area (Å²) < 4.78 is 5.15. The first kappa shape index (κ1) is 21.9. The summed E-state index contributed by atoms with van der Waals surface area (Å²) in [7, 11) is 0. The number of carbonyl (C=O) groups excluding carboxylic acids is 1. The summed E-state index contributed by atoms with van der Waals surface area (Å²) >= 11 is 0. The maximum Gasteiger partial charge on any atom is 0.409 e. The first-order valence-corrected chi connectivity index (χ1v) is 11.0. The van der Waals surface area contributed by atoms with Gasteiger partial charge in [-0.2, -0.15) is 0 Å². The zero-order valence-corrected chi connectivity index (χ0v) is 18.5. The molecule has 1 fully saturated rings. The third-order valence-corrected chi connectivity index (χ3v) is 5.61. The number of nitrogens with zero attached hydrogens (tertiary/aromatic N) is 2. The SMILES string of the molecule is CC.CCOC(=O)N1CCC(=C2c3ccc(O)cc3CCc3cc(C)cnc32)CC1. The Kier molecular flexibility index (Phi) is 7.14. The molecule has 1 amide bonds. The van der Waals surface area contributed by atoms with Crippen molar-refractivity contribution in [3.63, 3.8) is 0 Å². The molecule has 1 aliphatic heterocycles. The molecule has 2 heterocycles. The zero-order valence-electron chi connectivity index (χ0n) is 18.5. The number of phenolic OH excluding ortho intramolecular Hbond substituents is 1. The molecule has 2 aromatic rings. The van der Waals surface area contributed by atoms with Crippen molar-refractivity contribution in [2.24, 2.45) is 0 Å². The number of amides is 1. The second-order valence-electron chi connectivity index (χ2n) is 7.53. The molecule has 0 saturated carbocycles. The van der Waals surface area contributed by atoms with Gasteiger partial charge in [-0.05, 0) is 73.9 Å². The number of pyridine rings is 1. The fourth-order valence-electron chi connectivity index (χ4n) is 4.26. The van der Waals surface area contributed by atoms with E-state index in [-0.39, 0.29) is 6.09 Å². The van der Waals surface area contributed by atoms with Crippen molar-refractivity contribution in [2.45, 2.75) is 53.4 Å². The summed E-state index contributed by atoms with van der Waals surface area (Å²) in [5.41, 5.74) is 8.30. The lowest BCUT2D eigenvalue weighted by Gasteiger charge is -2.29. The van der Waals surface area contributed by atoms with E-state index in [2.05, 4.69) is 13.0 Å². The normalized spacial score (nSPS) is 15.4.